The quantitative estimate of drug-likeness (QED) is 0.796. The van der Waals surface area contributed by atoms with Crippen molar-refractivity contribution in [3.05, 3.63) is 36.0 Å². The molecular weight excluding hydrogens is 336 g/mol. The highest BCUT2D eigenvalue weighted by Gasteiger charge is 2.49. The number of carbonyl (C=O) groups is 2. The molecule has 2 aromatic rings. The molecule has 1 aromatic heterocycles. The summed E-state index contributed by atoms with van der Waals surface area (Å²) in [5.41, 5.74) is 2.77. The highest BCUT2D eigenvalue weighted by molar-refractivity contribution is 6.37. The number of fused-ring (bicyclic) bond motifs is 1. The highest BCUT2D eigenvalue weighted by Crippen LogP contribution is 2.36. The number of hydrogen-bond donors (Lipinski definition) is 2. The van der Waals surface area contributed by atoms with Gasteiger partial charge in [-0.3, -0.25) is 5.43 Å². The Morgan fingerprint density at radius 2 is 1.88 bits per heavy atom. The molecule has 0 fully saturated rings. The van der Waals surface area contributed by atoms with Crippen LogP contribution in [0.5, 0.6) is 0 Å². The third kappa shape index (κ3) is 2.73. The molecule has 8 nitrogen and oxygen atoms in total. The van der Waals surface area contributed by atoms with E-state index in [0.717, 1.165) is 10.9 Å². The van der Waals surface area contributed by atoms with Crippen LogP contribution in [0.1, 0.15) is 26.3 Å². The van der Waals surface area contributed by atoms with Gasteiger partial charge in [-0.2, -0.15) is 5.10 Å². The van der Waals surface area contributed by atoms with Crippen LogP contribution >= 0.6 is 0 Å². The van der Waals surface area contributed by atoms with Gasteiger partial charge in [0.1, 0.15) is 0 Å². The van der Waals surface area contributed by atoms with Crippen molar-refractivity contribution in [2.75, 3.05) is 13.2 Å². The number of carbonyl (C=O) groups excluding carboxylic acids is 2. The van der Waals surface area contributed by atoms with E-state index >= 15 is 0 Å². The van der Waals surface area contributed by atoms with Crippen LogP contribution in [-0.4, -0.2) is 41.7 Å². The number of nitrogens with one attached hydrogen (secondary N) is 2. The Hall–Kier alpha value is -3.16. The van der Waals surface area contributed by atoms with Gasteiger partial charge in [0.2, 0.25) is 11.4 Å². The first kappa shape index (κ1) is 17.7. The molecule has 136 valence electrons. The molecule has 0 saturated carbocycles. The van der Waals surface area contributed by atoms with Gasteiger partial charge in [-0.25, -0.2) is 14.6 Å². The summed E-state index contributed by atoms with van der Waals surface area (Å²) in [6.07, 6.45) is 1.69. The Labute approximate surface area is 150 Å². The fraction of sp³-hybridized carbons (Fsp3) is 0.333. The molecule has 2 heterocycles. The first-order chi connectivity index (χ1) is 12.5. The molecule has 1 aliphatic heterocycles. The maximum Gasteiger partial charge on any atom is 0.375 e. The lowest BCUT2D eigenvalue weighted by Gasteiger charge is -2.30. The first-order valence-corrected chi connectivity index (χ1v) is 8.36. The van der Waals surface area contributed by atoms with Gasteiger partial charge in [0.05, 0.1) is 18.9 Å². The number of rotatable bonds is 5. The summed E-state index contributed by atoms with van der Waals surface area (Å²) >= 11 is 0. The lowest BCUT2D eigenvalue weighted by atomic mass is 9.85. The summed E-state index contributed by atoms with van der Waals surface area (Å²) in [7, 11) is 0. The maximum absolute atomic E-state index is 13.0. The Bertz CT molecular complexity index is 915. The molecule has 8 heteroatoms. The van der Waals surface area contributed by atoms with Gasteiger partial charge in [0, 0.05) is 22.7 Å². The smallest absolute Gasteiger partial charge is 0.375 e. The molecule has 0 bridgehead atoms. The Morgan fingerprint density at radius 3 is 2.62 bits per heavy atom. The van der Waals surface area contributed by atoms with Crippen LogP contribution in [0.3, 0.4) is 0 Å². The number of para-hydroxylation sites is 1. The monoisotopic (exact) mass is 356 g/mol. The van der Waals surface area contributed by atoms with E-state index in [4.69, 9.17) is 9.47 Å². The second-order valence-electron chi connectivity index (χ2n) is 5.67. The summed E-state index contributed by atoms with van der Waals surface area (Å²) in [5, 5.41) is 4.95. The summed E-state index contributed by atoms with van der Waals surface area (Å²) < 4.78 is 10.3. The zero-order chi connectivity index (χ0) is 18.7. The van der Waals surface area contributed by atoms with E-state index < -0.39 is 17.5 Å². The molecule has 1 aromatic carbocycles. The summed E-state index contributed by atoms with van der Waals surface area (Å²) in [5.74, 6) is -1.43. The van der Waals surface area contributed by atoms with Crippen molar-refractivity contribution in [1.29, 1.82) is 0 Å². The molecule has 0 radical (unpaired) electrons. The van der Waals surface area contributed by atoms with Crippen LogP contribution in [0.15, 0.2) is 40.6 Å². The lowest BCUT2D eigenvalue weighted by Crippen LogP contribution is -2.49. The van der Waals surface area contributed by atoms with Crippen molar-refractivity contribution in [1.82, 2.24) is 10.4 Å². The molecule has 1 atom stereocenters. The Kier molecular flexibility index (Phi) is 4.75. The molecule has 3 rings (SSSR count). The normalized spacial score (nSPS) is 19.3. The SMILES string of the molecule is CCOC(=O)C1=NC(C(=O)OCC)(c2c[nH]c3ccccc23)C(C)=NN1. The Balaban J connectivity index is 2.24. The predicted molar refractivity (Wildman–Crippen MR) is 96.9 cm³/mol. The summed E-state index contributed by atoms with van der Waals surface area (Å²) in [6, 6.07) is 7.51. The summed E-state index contributed by atoms with van der Waals surface area (Å²) in [4.78, 5) is 32.7. The molecule has 0 saturated heterocycles. The largest absolute Gasteiger partial charge is 0.464 e. The number of benzene rings is 1. The van der Waals surface area contributed by atoms with Crippen molar-refractivity contribution in [3.8, 4) is 0 Å². The van der Waals surface area contributed by atoms with E-state index in [9.17, 15) is 9.59 Å². The van der Waals surface area contributed by atoms with Crippen molar-refractivity contribution in [2.45, 2.75) is 26.3 Å². The van der Waals surface area contributed by atoms with E-state index in [2.05, 4.69) is 20.5 Å². The molecule has 2 N–H and O–H groups in total. The van der Waals surface area contributed by atoms with Crippen molar-refractivity contribution >= 4 is 34.4 Å². The molecule has 0 aliphatic carbocycles. The summed E-state index contributed by atoms with van der Waals surface area (Å²) in [6.45, 7) is 5.42. The van der Waals surface area contributed by atoms with Crippen LogP contribution in [0.25, 0.3) is 10.9 Å². The minimum Gasteiger partial charge on any atom is -0.464 e. The predicted octanol–water partition coefficient (Wildman–Crippen LogP) is 1.87. The third-order valence-electron chi connectivity index (χ3n) is 4.15. The number of H-pyrrole nitrogens is 1. The lowest BCUT2D eigenvalue weighted by molar-refractivity contribution is -0.147. The molecule has 1 aliphatic rings. The fourth-order valence-corrected chi connectivity index (χ4v) is 2.95. The standard InChI is InChI=1S/C18H20N4O4/c1-4-25-16(23)15-20-18(11(3)21-22-15,17(24)26-5-2)13-10-19-14-9-7-6-8-12(13)14/h6-10,19H,4-5H2,1-3H3,(H,20,22). The third-order valence-corrected chi connectivity index (χ3v) is 4.15. The van der Waals surface area contributed by atoms with Gasteiger partial charge in [-0.1, -0.05) is 18.2 Å². The molecule has 26 heavy (non-hydrogen) atoms. The zero-order valence-electron chi connectivity index (χ0n) is 14.8. The fourth-order valence-electron chi connectivity index (χ4n) is 2.95. The molecular formula is C18H20N4O4. The first-order valence-electron chi connectivity index (χ1n) is 8.36. The minimum atomic E-state index is -1.57. The molecule has 0 amide bonds. The number of amidine groups is 1. The number of hydrazone groups is 1. The second kappa shape index (κ2) is 6.99. The number of hydrogen-bond acceptors (Lipinski definition) is 7. The van der Waals surface area contributed by atoms with Gasteiger partial charge >= 0.3 is 11.9 Å². The van der Waals surface area contributed by atoms with E-state index in [-0.39, 0.29) is 19.0 Å². The van der Waals surface area contributed by atoms with E-state index in [0.29, 0.717) is 11.3 Å². The average molecular weight is 356 g/mol. The second-order valence-corrected chi connectivity index (χ2v) is 5.67. The van der Waals surface area contributed by atoms with Gasteiger partial charge in [-0.15, -0.1) is 0 Å². The van der Waals surface area contributed by atoms with Gasteiger partial charge in [0.25, 0.3) is 0 Å². The number of esters is 2. The van der Waals surface area contributed by atoms with Crippen LogP contribution in [0.4, 0.5) is 0 Å². The number of aromatic amines is 1. The minimum absolute atomic E-state index is 0.143. The number of aliphatic imine (C=N–C) groups is 1. The molecule has 0 spiro atoms. The van der Waals surface area contributed by atoms with Gasteiger partial charge < -0.3 is 14.5 Å². The number of aromatic nitrogens is 1. The number of nitrogens with zero attached hydrogens (tertiary/aromatic N) is 2. The molecule has 1 unspecified atom stereocenters. The number of ether oxygens (including phenoxy) is 2. The van der Waals surface area contributed by atoms with Gasteiger partial charge in [-0.05, 0) is 26.8 Å². The van der Waals surface area contributed by atoms with E-state index in [1.54, 1.807) is 27.0 Å². The van der Waals surface area contributed by atoms with E-state index in [1.807, 2.05) is 24.3 Å². The Morgan fingerprint density at radius 1 is 1.15 bits per heavy atom. The van der Waals surface area contributed by atoms with Crippen molar-refractivity contribution < 1.29 is 19.1 Å². The maximum atomic E-state index is 13.0. The average Bonchev–Trinajstić information content (AvgIpc) is 3.07. The van der Waals surface area contributed by atoms with E-state index in [1.165, 1.54) is 0 Å². The van der Waals surface area contributed by atoms with Crippen molar-refractivity contribution in [2.24, 2.45) is 10.1 Å². The van der Waals surface area contributed by atoms with Crippen molar-refractivity contribution in [3.63, 3.8) is 0 Å². The van der Waals surface area contributed by atoms with Crippen LogP contribution in [0.2, 0.25) is 0 Å². The van der Waals surface area contributed by atoms with Crippen LogP contribution in [-0.2, 0) is 24.6 Å². The van der Waals surface area contributed by atoms with Gasteiger partial charge in [0.15, 0.2) is 0 Å². The van der Waals surface area contributed by atoms with Crippen LogP contribution in [0, 0.1) is 0 Å². The zero-order valence-corrected chi connectivity index (χ0v) is 14.8. The highest BCUT2D eigenvalue weighted by atomic mass is 16.5. The topological polar surface area (TPSA) is 105 Å². The van der Waals surface area contributed by atoms with Crippen LogP contribution < -0.4 is 5.43 Å².